The molecule has 0 radical (unpaired) electrons. The molecule has 1 aromatic rings. The summed E-state index contributed by atoms with van der Waals surface area (Å²) in [5.74, 6) is 0.696. The van der Waals surface area contributed by atoms with Gasteiger partial charge in [-0.1, -0.05) is 49.8 Å². The molecule has 0 N–H and O–H groups in total. The summed E-state index contributed by atoms with van der Waals surface area (Å²) in [4.78, 5) is 11.9. The van der Waals surface area contributed by atoms with Gasteiger partial charge in [0, 0.05) is 12.3 Å². The van der Waals surface area contributed by atoms with E-state index in [2.05, 4.69) is 38.1 Å². The molecule has 1 aliphatic carbocycles. The van der Waals surface area contributed by atoms with Gasteiger partial charge >= 0.3 is 0 Å². The van der Waals surface area contributed by atoms with Crippen LogP contribution in [0.15, 0.2) is 41.5 Å². The zero-order valence-corrected chi connectivity index (χ0v) is 9.99. The number of Topliss-reactive ketones (excluding diaryl/α,β-unsaturated/α-hetero) is 1. The summed E-state index contributed by atoms with van der Waals surface area (Å²) in [6.45, 7) is 4.23. The first-order valence-corrected chi connectivity index (χ1v) is 6.08. The molecule has 0 fully saturated rings. The summed E-state index contributed by atoms with van der Waals surface area (Å²) in [7, 11) is 0. The predicted molar refractivity (Wildman–Crippen MR) is 66.4 cm³/mol. The summed E-state index contributed by atoms with van der Waals surface area (Å²) >= 11 is 0. The maximum Gasteiger partial charge on any atom is 0.159 e. The van der Waals surface area contributed by atoms with Crippen molar-refractivity contribution in [2.24, 2.45) is 0 Å². The average Bonchev–Trinajstić information content (AvgIpc) is 2.66. The number of rotatable bonds is 3. The zero-order chi connectivity index (χ0) is 11.5. The van der Waals surface area contributed by atoms with E-state index in [9.17, 15) is 4.79 Å². The maximum atomic E-state index is 11.9. The van der Waals surface area contributed by atoms with Crippen molar-refractivity contribution >= 4 is 5.78 Å². The number of carbonyl (C=O) groups excluding carboxylic acids is 1. The van der Waals surface area contributed by atoms with Crippen molar-refractivity contribution in [3.8, 4) is 0 Å². The summed E-state index contributed by atoms with van der Waals surface area (Å²) in [5.41, 5.74) is 3.73. The van der Waals surface area contributed by atoms with Crippen LogP contribution >= 0.6 is 0 Å². The summed E-state index contributed by atoms with van der Waals surface area (Å²) in [6, 6.07) is 10.4. The van der Waals surface area contributed by atoms with Crippen molar-refractivity contribution in [3.05, 3.63) is 47.0 Å². The lowest BCUT2D eigenvalue weighted by Gasteiger charge is -2.13. The maximum absolute atomic E-state index is 11.9. The topological polar surface area (TPSA) is 17.1 Å². The third-order valence-corrected chi connectivity index (χ3v) is 3.47. The highest BCUT2D eigenvalue weighted by Gasteiger charge is 2.30. The fraction of sp³-hybridized carbons (Fsp3) is 0.400. The van der Waals surface area contributed by atoms with Crippen LogP contribution in [0.1, 0.15) is 44.6 Å². The van der Waals surface area contributed by atoms with Crippen LogP contribution in [-0.4, -0.2) is 5.78 Å². The Morgan fingerprint density at radius 1 is 1.12 bits per heavy atom. The first-order valence-electron chi connectivity index (χ1n) is 6.08. The van der Waals surface area contributed by atoms with E-state index in [-0.39, 0.29) is 0 Å². The van der Waals surface area contributed by atoms with Crippen LogP contribution < -0.4 is 0 Å². The second-order valence-corrected chi connectivity index (χ2v) is 4.30. The van der Waals surface area contributed by atoms with Crippen molar-refractivity contribution in [1.82, 2.24) is 0 Å². The second kappa shape index (κ2) is 4.65. The van der Waals surface area contributed by atoms with Gasteiger partial charge < -0.3 is 0 Å². The minimum Gasteiger partial charge on any atom is -0.295 e. The molecule has 0 bridgehead atoms. The van der Waals surface area contributed by atoms with Gasteiger partial charge in [-0.2, -0.15) is 0 Å². The van der Waals surface area contributed by atoms with Crippen molar-refractivity contribution in [2.75, 3.05) is 0 Å². The van der Waals surface area contributed by atoms with Gasteiger partial charge in [0.1, 0.15) is 0 Å². The lowest BCUT2D eigenvalue weighted by Crippen LogP contribution is -1.98. The molecule has 0 unspecified atom stereocenters. The van der Waals surface area contributed by atoms with E-state index in [4.69, 9.17) is 0 Å². The molecule has 16 heavy (non-hydrogen) atoms. The molecule has 1 nitrogen and oxygen atoms in total. The van der Waals surface area contributed by atoms with Crippen molar-refractivity contribution in [1.29, 1.82) is 0 Å². The normalized spacial score (nSPS) is 20.6. The predicted octanol–water partition coefficient (Wildman–Crippen LogP) is 3.86. The molecule has 0 spiro atoms. The fourth-order valence-corrected chi connectivity index (χ4v) is 2.71. The number of carbonyl (C=O) groups is 1. The van der Waals surface area contributed by atoms with Crippen LogP contribution in [0, 0.1) is 0 Å². The van der Waals surface area contributed by atoms with Crippen LogP contribution in [0.5, 0.6) is 0 Å². The van der Waals surface area contributed by atoms with Gasteiger partial charge in [-0.05, 0) is 24.0 Å². The molecule has 0 heterocycles. The van der Waals surface area contributed by atoms with Gasteiger partial charge in [-0.3, -0.25) is 4.79 Å². The largest absolute Gasteiger partial charge is 0.295 e. The Morgan fingerprint density at radius 3 is 2.38 bits per heavy atom. The van der Waals surface area contributed by atoms with Crippen LogP contribution in [0.2, 0.25) is 0 Å². The van der Waals surface area contributed by atoms with E-state index in [1.165, 1.54) is 11.1 Å². The van der Waals surface area contributed by atoms with Crippen molar-refractivity contribution in [2.45, 2.75) is 39.0 Å². The highest BCUT2D eigenvalue weighted by molar-refractivity contribution is 6.00. The second-order valence-electron chi connectivity index (χ2n) is 4.30. The highest BCUT2D eigenvalue weighted by Crippen LogP contribution is 2.39. The number of hydrogen-bond donors (Lipinski definition) is 0. The quantitative estimate of drug-likeness (QED) is 0.746. The van der Waals surface area contributed by atoms with E-state index >= 15 is 0 Å². The lowest BCUT2D eigenvalue weighted by atomic mass is 9.90. The molecular weight excluding hydrogens is 196 g/mol. The van der Waals surface area contributed by atoms with E-state index in [1.54, 1.807) is 0 Å². The Morgan fingerprint density at radius 2 is 1.81 bits per heavy atom. The standard InChI is InChI=1S/C15H18O/c1-3-12-13(4-2)15(16)10-14(12)11-8-6-5-7-9-11/h5-9,14H,3-4,10H2,1-2H3/t14-/m0/s1. The number of allylic oxidation sites excluding steroid dienone is 2. The number of hydrogen-bond acceptors (Lipinski definition) is 1. The molecule has 0 amide bonds. The monoisotopic (exact) mass is 214 g/mol. The Hall–Kier alpha value is -1.37. The molecule has 0 saturated heterocycles. The molecule has 84 valence electrons. The van der Waals surface area contributed by atoms with Crippen LogP contribution in [0.3, 0.4) is 0 Å². The van der Waals surface area contributed by atoms with Gasteiger partial charge in [0.25, 0.3) is 0 Å². The first-order chi connectivity index (χ1) is 7.77. The summed E-state index contributed by atoms with van der Waals surface area (Å²) in [5, 5.41) is 0. The Bertz CT molecular complexity index is 414. The third kappa shape index (κ3) is 1.82. The number of ketones is 1. The van der Waals surface area contributed by atoms with Gasteiger partial charge in [-0.15, -0.1) is 0 Å². The van der Waals surface area contributed by atoms with E-state index in [1.807, 2.05) is 6.07 Å². The Labute approximate surface area is 97.2 Å². The van der Waals surface area contributed by atoms with Crippen LogP contribution in [-0.2, 0) is 4.79 Å². The van der Waals surface area contributed by atoms with E-state index < -0.39 is 0 Å². The molecular formula is C15H18O. The van der Waals surface area contributed by atoms with Crippen LogP contribution in [0.25, 0.3) is 0 Å². The van der Waals surface area contributed by atoms with Crippen LogP contribution in [0.4, 0.5) is 0 Å². The molecule has 1 aliphatic rings. The fourth-order valence-electron chi connectivity index (χ4n) is 2.71. The average molecular weight is 214 g/mol. The molecule has 1 atom stereocenters. The first kappa shape index (κ1) is 11.1. The summed E-state index contributed by atoms with van der Waals surface area (Å²) < 4.78 is 0. The molecule has 2 rings (SSSR count). The SMILES string of the molecule is CCC1=C(CC)[C@H](c2ccccc2)CC1=O. The van der Waals surface area contributed by atoms with Crippen molar-refractivity contribution in [3.63, 3.8) is 0 Å². The number of benzene rings is 1. The smallest absolute Gasteiger partial charge is 0.159 e. The van der Waals surface area contributed by atoms with E-state index in [0.717, 1.165) is 18.4 Å². The third-order valence-electron chi connectivity index (χ3n) is 3.47. The molecule has 1 heteroatoms. The molecule has 0 aromatic heterocycles. The minimum atomic E-state index is 0.341. The van der Waals surface area contributed by atoms with E-state index in [0.29, 0.717) is 18.1 Å². The lowest BCUT2D eigenvalue weighted by molar-refractivity contribution is -0.115. The molecule has 1 aromatic carbocycles. The minimum absolute atomic E-state index is 0.341. The summed E-state index contributed by atoms with van der Waals surface area (Å²) in [6.07, 6.45) is 2.55. The molecule has 0 saturated carbocycles. The van der Waals surface area contributed by atoms with Gasteiger partial charge in [0.05, 0.1) is 0 Å². The van der Waals surface area contributed by atoms with Gasteiger partial charge in [-0.25, -0.2) is 0 Å². The molecule has 0 aliphatic heterocycles. The van der Waals surface area contributed by atoms with Gasteiger partial charge in [0.15, 0.2) is 5.78 Å². The van der Waals surface area contributed by atoms with Crippen molar-refractivity contribution < 1.29 is 4.79 Å². The Balaban J connectivity index is 2.38. The zero-order valence-electron chi connectivity index (χ0n) is 9.99. The Kier molecular flexibility index (Phi) is 3.23. The van der Waals surface area contributed by atoms with Gasteiger partial charge in [0.2, 0.25) is 0 Å². The highest BCUT2D eigenvalue weighted by atomic mass is 16.1.